The van der Waals surface area contributed by atoms with Gasteiger partial charge in [0.1, 0.15) is 23.0 Å². The van der Waals surface area contributed by atoms with Gasteiger partial charge in [-0.25, -0.2) is 0 Å². The molecule has 4 aromatic carbocycles. The Hall–Kier alpha value is -4.24. The Bertz CT molecular complexity index is 1710. The summed E-state index contributed by atoms with van der Waals surface area (Å²) in [6, 6.07) is 30.5. The lowest BCUT2D eigenvalue weighted by atomic mass is 10.0. The zero-order valence-electron chi connectivity index (χ0n) is 34.1. The van der Waals surface area contributed by atoms with Crippen LogP contribution in [0, 0.1) is 0 Å². The first-order valence-corrected chi connectivity index (χ1v) is 21.0. The number of aromatic hydroxyl groups is 4. The molecular weight excluding hydrogens is 731 g/mol. The largest absolute Gasteiger partial charge is 0.508 e. The summed E-state index contributed by atoms with van der Waals surface area (Å²) in [4.78, 5) is 2.60. The van der Waals surface area contributed by atoms with Crippen LogP contribution in [0.1, 0.15) is 42.0 Å². The molecule has 1 saturated heterocycles. The minimum Gasteiger partial charge on any atom is -0.508 e. The minimum atomic E-state index is -0.167. The lowest BCUT2D eigenvalue weighted by Crippen LogP contribution is -2.53. The fourth-order valence-corrected chi connectivity index (χ4v) is 7.91. The van der Waals surface area contributed by atoms with Crippen molar-refractivity contribution in [3.05, 3.63) is 119 Å². The molecule has 0 aromatic heterocycles. The van der Waals surface area contributed by atoms with Gasteiger partial charge >= 0.3 is 0 Å². The number of phenolic OH excluding ortho intramolecular Hbond substituents is 4. The highest BCUT2D eigenvalue weighted by Crippen LogP contribution is 2.20. The second-order valence-electron chi connectivity index (χ2n) is 15.9. The standard InChI is InChI=1S/C46H67N7O5/c1-2-48-37(22-33-5-13-43(55)14-6-33)27-49-38(23-34-7-15-44(56)16-8-34)28-50-40(25-36-11-19-46(58)20-12-36)31-53-21-3-4-42(53)30-52-39(29-51-41(26-47)32-54)24-35-9-17-45(57)18-10-35/h5-20,37-42,48-52,54-58H,2-4,21-32,47H2,1H3/t37-,38-,39-,40-,41+,42-/m0/s1. The monoisotopic (exact) mass is 798 g/mol. The number of likely N-dealkylation sites (tertiary alicyclic amines) is 1. The van der Waals surface area contributed by atoms with Gasteiger partial charge in [-0.05, 0) is 122 Å². The maximum absolute atomic E-state index is 10.0. The predicted octanol–water partition coefficient (Wildman–Crippen LogP) is 3.01. The molecule has 12 N–H and O–H groups in total. The van der Waals surface area contributed by atoms with Crippen molar-refractivity contribution in [2.24, 2.45) is 5.73 Å². The highest BCUT2D eigenvalue weighted by Gasteiger charge is 2.28. The summed E-state index contributed by atoms with van der Waals surface area (Å²) in [6.07, 6.45) is 5.40. The van der Waals surface area contributed by atoms with Crippen molar-refractivity contribution in [2.75, 3.05) is 59.0 Å². The van der Waals surface area contributed by atoms with E-state index >= 15 is 0 Å². The van der Waals surface area contributed by atoms with Crippen LogP contribution in [0.15, 0.2) is 97.1 Å². The van der Waals surface area contributed by atoms with Crippen LogP contribution in [0.4, 0.5) is 0 Å². The first-order chi connectivity index (χ1) is 28.2. The molecule has 0 bridgehead atoms. The number of rotatable bonds is 26. The first-order valence-electron chi connectivity index (χ1n) is 21.0. The molecule has 316 valence electrons. The molecule has 1 fully saturated rings. The number of hydrogen-bond acceptors (Lipinski definition) is 12. The number of hydrogen-bond donors (Lipinski definition) is 11. The van der Waals surface area contributed by atoms with E-state index < -0.39 is 0 Å². The normalized spacial score (nSPS) is 17.2. The van der Waals surface area contributed by atoms with Crippen molar-refractivity contribution in [1.29, 1.82) is 0 Å². The van der Waals surface area contributed by atoms with Crippen LogP contribution in [0.2, 0.25) is 0 Å². The summed E-state index contributed by atoms with van der Waals surface area (Å²) < 4.78 is 0. The zero-order chi connectivity index (χ0) is 41.1. The summed E-state index contributed by atoms with van der Waals surface area (Å²) in [7, 11) is 0. The Kier molecular flexibility index (Phi) is 18.6. The number of benzene rings is 4. The van der Waals surface area contributed by atoms with E-state index in [2.05, 4.69) is 38.4 Å². The van der Waals surface area contributed by atoms with Gasteiger partial charge in [0.15, 0.2) is 0 Å². The summed E-state index contributed by atoms with van der Waals surface area (Å²) in [6.45, 7) is 8.13. The van der Waals surface area contributed by atoms with Gasteiger partial charge in [-0.3, -0.25) is 4.90 Å². The van der Waals surface area contributed by atoms with E-state index in [9.17, 15) is 25.5 Å². The van der Waals surface area contributed by atoms with Crippen molar-refractivity contribution in [1.82, 2.24) is 31.5 Å². The van der Waals surface area contributed by atoms with E-state index in [1.807, 2.05) is 48.5 Å². The van der Waals surface area contributed by atoms with E-state index in [1.165, 1.54) is 0 Å². The van der Waals surface area contributed by atoms with Gasteiger partial charge in [0.05, 0.1) is 6.61 Å². The molecule has 0 saturated carbocycles. The summed E-state index contributed by atoms with van der Waals surface area (Å²) >= 11 is 0. The quantitative estimate of drug-likeness (QED) is 0.0447. The molecule has 0 amide bonds. The number of phenols is 4. The number of aliphatic hydroxyl groups excluding tert-OH is 1. The number of aliphatic hydroxyl groups is 1. The van der Waals surface area contributed by atoms with Gasteiger partial charge in [0, 0.05) is 75.5 Å². The van der Waals surface area contributed by atoms with E-state index in [1.54, 1.807) is 48.5 Å². The fraction of sp³-hybridized carbons (Fsp3) is 0.478. The van der Waals surface area contributed by atoms with E-state index in [4.69, 9.17) is 5.73 Å². The molecule has 4 aromatic rings. The van der Waals surface area contributed by atoms with E-state index in [0.717, 1.165) is 100 Å². The van der Waals surface area contributed by atoms with Crippen molar-refractivity contribution < 1.29 is 25.5 Å². The Labute approximate surface area is 344 Å². The molecule has 0 spiro atoms. The summed E-state index contributed by atoms with van der Waals surface area (Å²) in [5.74, 6) is 1.03. The maximum Gasteiger partial charge on any atom is 0.115 e. The van der Waals surface area contributed by atoms with Crippen LogP contribution in [-0.4, -0.2) is 126 Å². The summed E-state index contributed by atoms with van der Waals surface area (Å²) in [5.41, 5.74) is 10.5. The average molecular weight is 798 g/mol. The SMILES string of the molecule is CCN[C@H](CN[C@H](CN[C@@H](Cc1ccc(O)cc1)CN1CCC[C@H]1CN[C@H](CN[C@H](CN)CO)Cc1ccc(O)cc1)Cc1ccc(O)cc1)Cc1ccc(O)cc1. The molecule has 12 heteroatoms. The molecule has 6 atom stereocenters. The molecule has 1 aliphatic rings. The van der Waals surface area contributed by atoms with E-state index in [-0.39, 0.29) is 59.8 Å². The van der Waals surface area contributed by atoms with Crippen LogP contribution >= 0.6 is 0 Å². The topological polar surface area (TPSA) is 191 Å². The van der Waals surface area contributed by atoms with Crippen LogP contribution in [0.25, 0.3) is 0 Å². The third-order valence-electron chi connectivity index (χ3n) is 11.2. The van der Waals surface area contributed by atoms with Gasteiger partial charge in [-0.2, -0.15) is 0 Å². The molecule has 12 nitrogen and oxygen atoms in total. The second kappa shape index (κ2) is 24.0. The maximum atomic E-state index is 10.0. The van der Waals surface area contributed by atoms with Crippen LogP contribution in [0.3, 0.4) is 0 Å². The number of nitrogens with zero attached hydrogens (tertiary/aromatic N) is 1. The molecule has 1 aliphatic heterocycles. The van der Waals surface area contributed by atoms with E-state index in [0.29, 0.717) is 19.1 Å². The van der Waals surface area contributed by atoms with Crippen molar-refractivity contribution in [3.8, 4) is 23.0 Å². The average Bonchev–Trinajstić information content (AvgIpc) is 3.67. The molecule has 58 heavy (non-hydrogen) atoms. The Morgan fingerprint density at radius 3 is 1.34 bits per heavy atom. The lowest BCUT2D eigenvalue weighted by Gasteiger charge is -2.32. The van der Waals surface area contributed by atoms with Crippen LogP contribution in [0.5, 0.6) is 23.0 Å². The molecule has 1 heterocycles. The Balaban J connectivity index is 1.27. The lowest BCUT2D eigenvalue weighted by molar-refractivity contribution is 0.209. The van der Waals surface area contributed by atoms with Crippen LogP contribution in [-0.2, 0) is 25.7 Å². The third-order valence-corrected chi connectivity index (χ3v) is 11.2. The molecule has 0 aliphatic carbocycles. The highest BCUT2D eigenvalue weighted by molar-refractivity contribution is 5.29. The number of nitrogens with two attached hydrogens (primary N) is 1. The van der Waals surface area contributed by atoms with Gasteiger partial charge < -0.3 is 57.9 Å². The van der Waals surface area contributed by atoms with Crippen molar-refractivity contribution in [2.45, 2.75) is 81.7 Å². The van der Waals surface area contributed by atoms with Gasteiger partial charge in [-0.1, -0.05) is 55.5 Å². The predicted molar refractivity (Wildman–Crippen MR) is 233 cm³/mol. The van der Waals surface area contributed by atoms with Gasteiger partial charge in [-0.15, -0.1) is 0 Å². The molecule has 0 unspecified atom stereocenters. The van der Waals surface area contributed by atoms with Crippen LogP contribution < -0.4 is 32.3 Å². The van der Waals surface area contributed by atoms with Crippen molar-refractivity contribution >= 4 is 0 Å². The summed E-state index contributed by atoms with van der Waals surface area (Å²) in [5, 5.41) is 68.2. The fourth-order valence-electron chi connectivity index (χ4n) is 7.91. The third kappa shape index (κ3) is 15.5. The smallest absolute Gasteiger partial charge is 0.115 e. The number of nitrogens with one attached hydrogen (secondary N) is 5. The van der Waals surface area contributed by atoms with Gasteiger partial charge in [0.2, 0.25) is 0 Å². The first kappa shape index (κ1) is 44.9. The molecular formula is C46H67N7O5. The Morgan fingerprint density at radius 2 is 0.931 bits per heavy atom. The zero-order valence-corrected chi connectivity index (χ0v) is 34.1. The van der Waals surface area contributed by atoms with Gasteiger partial charge in [0.25, 0.3) is 0 Å². The molecule has 0 radical (unpaired) electrons. The highest BCUT2D eigenvalue weighted by atomic mass is 16.3. The molecule has 5 rings (SSSR count). The minimum absolute atomic E-state index is 0.0183. The Morgan fingerprint density at radius 1 is 0.552 bits per heavy atom. The second-order valence-corrected chi connectivity index (χ2v) is 15.9. The number of likely N-dealkylation sites (N-methyl/N-ethyl adjacent to an activating group) is 1. The van der Waals surface area contributed by atoms with Crippen molar-refractivity contribution in [3.63, 3.8) is 0 Å².